The molecule has 32 heavy (non-hydrogen) atoms. The Labute approximate surface area is 185 Å². The van der Waals surface area contributed by atoms with Crippen LogP contribution in [0.5, 0.6) is 0 Å². The fraction of sp³-hybridized carbons (Fsp3) is 0.609. The first-order valence-electron chi connectivity index (χ1n) is 11.0. The van der Waals surface area contributed by atoms with E-state index in [0.717, 1.165) is 31.4 Å². The van der Waals surface area contributed by atoms with Crippen LogP contribution in [0.2, 0.25) is 0 Å². The number of hydrogen-bond acceptors (Lipinski definition) is 4. The van der Waals surface area contributed by atoms with Gasteiger partial charge in [0.2, 0.25) is 0 Å². The summed E-state index contributed by atoms with van der Waals surface area (Å²) in [5.41, 5.74) is -0.632. The number of carbonyl (C=O) groups is 3. The van der Waals surface area contributed by atoms with Gasteiger partial charge >= 0.3 is 12.1 Å². The minimum absolute atomic E-state index is 0.129. The van der Waals surface area contributed by atoms with Gasteiger partial charge in [0.25, 0.3) is 11.8 Å². The molecule has 0 N–H and O–H groups in total. The molecule has 0 bridgehead atoms. The lowest BCUT2D eigenvalue weighted by Crippen LogP contribution is -2.49. The molecule has 2 amide bonds. The average Bonchev–Trinajstić information content (AvgIpc) is 2.76. The minimum Gasteiger partial charge on any atom is -0.455 e. The van der Waals surface area contributed by atoms with Crippen LogP contribution in [0, 0.1) is 5.92 Å². The number of ether oxygens (including phenoxy) is 1. The predicted molar refractivity (Wildman–Crippen MR) is 111 cm³/mol. The van der Waals surface area contributed by atoms with Gasteiger partial charge in [-0.25, -0.2) is 0 Å². The van der Waals surface area contributed by atoms with Crippen LogP contribution >= 0.6 is 0 Å². The van der Waals surface area contributed by atoms with E-state index in [0.29, 0.717) is 25.9 Å². The lowest BCUT2D eigenvalue weighted by molar-refractivity contribution is -0.158. The molecule has 0 radical (unpaired) electrons. The number of alkyl halides is 3. The highest BCUT2D eigenvalue weighted by Gasteiger charge is 2.33. The van der Waals surface area contributed by atoms with Crippen LogP contribution in [-0.2, 0) is 20.5 Å². The molecule has 2 aliphatic heterocycles. The maximum absolute atomic E-state index is 12.7. The van der Waals surface area contributed by atoms with Gasteiger partial charge in [-0.3, -0.25) is 14.4 Å². The van der Waals surface area contributed by atoms with Crippen LogP contribution in [0.4, 0.5) is 13.2 Å². The Morgan fingerprint density at radius 1 is 0.969 bits per heavy atom. The van der Waals surface area contributed by atoms with E-state index in [4.69, 9.17) is 4.74 Å². The first kappa shape index (κ1) is 24.1. The average molecular weight is 454 g/mol. The second kappa shape index (κ2) is 9.92. The Morgan fingerprint density at radius 2 is 1.53 bits per heavy atom. The lowest BCUT2D eigenvalue weighted by atomic mass is 9.96. The van der Waals surface area contributed by atoms with Crippen molar-refractivity contribution in [3.05, 3.63) is 35.4 Å². The van der Waals surface area contributed by atoms with E-state index in [-0.39, 0.29) is 36.1 Å². The third-order valence-corrected chi connectivity index (χ3v) is 6.39. The number of nitrogens with zero attached hydrogens (tertiary/aromatic N) is 2. The Morgan fingerprint density at radius 3 is 2.06 bits per heavy atom. The van der Waals surface area contributed by atoms with Gasteiger partial charge in [0.15, 0.2) is 6.61 Å². The molecule has 2 fully saturated rings. The number of benzene rings is 1. The molecule has 2 unspecified atom stereocenters. The van der Waals surface area contributed by atoms with Crippen LogP contribution in [0.15, 0.2) is 24.3 Å². The SMILES string of the molecule is CC1CCCC(C)N1C(=O)COC(=O)C1CCN(C(=O)c2ccc(C(F)(F)F)cc2)CC1. The summed E-state index contributed by atoms with van der Waals surface area (Å²) in [5.74, 6) is -1.41. The van der Waals surface area contributed by atoms with Gasteiger partial charge in [0, 0.05) is 30.7 Å². The summed E-state index contributed by atoms with van der Waals surface area (Å²) in [6.07, 6.45) is -0.724. The molecule has 2 saturated heterocycles. The highest BCUT2D eigenvalue weighted by molar-refractivity contribution is 5.94. The number of amides is 2. The van der Waals surface area contributed by atoms with Gasteiger partial charge < -0.3 is 14.5 Å². The van der Waals surface area contributed by atoms with E-state index in [9.17, 15) is 27.6 Å². The first-order chi connectivity index (χ1) is 15.1. The Kier molecular flexibility index (Phi) is 7.46. The molecule has 0 aromatic heterocycles. The highest BCUT2D eigenvalue weighted by atomic mass is 19.4. The van der Waals surface area contributed by atoms with Crippen molar-refractivity contribution in [3.63, 3.8) is 0 Å². The molecule has 0 spiro atoms. The van der Waals surface area contributed by atoms with E-state index in [1.807, 2.05) is 13.8 Å². The lowest BCUT2D eigenvalue weighted by Gasteiger charge is -2.39. The van der Waals surface area contributed by atoms with E-state index in [1.54, 1.807) is 4.90 Å². The largest absolute Gasteiger partial charge is 0.455 e. The summed E-state index contributed by atoms with van der Waals surface area (Å²) in [6, 6.07) is 4.37. The van der Waals surface area contributed by atoms with Crippen molar-refractivity contribution in [2.24, 2.45) is 5.92 Å². The number of halogens is 3. The van der Waals surface area contributed by atoms with E-state index in [1.165, 1.54) is 17.0 Å². The Balaban J connectivity index is 1.47. The molecule has 3 rings (SSSR count). The number of likely N-dealkylation sites (tertiary alicyclic amines) is 2. The van der Waals surface area contributed by atoms with Gasteiger partial charge in [-0.1, -0.05) is 0 Å². The molecular formula is C23H29F3N2O4. The summed E-state index contributed by atoms with van der Waals surface area (Å²) in [6.45, 7) is 4.32. The second-order valence-corrected chi connectivity index (χ2v) is 8.68. The first-order valence-corrected chi connectivity index (χ1v) is 11.0. The fourth-order valence-electron chi connectivity index (χ4n) is 4.54. The van der Waals surface area contributed by atoms with Crippen LogP contribution in [0.25, 0.3) is 0 Å². The van der Waals surface area contributed by atoms with Gasteiger partial charge in [-0.2, -0.15) is 13.2 Å². The van der Waals surface area contributed by atoms with Crippen molar-refractivity contribution in [3.8, 4) is 0 Å². The molecule has 176 valence electrons. The molecule has 2 atom stereocenters. The third-order valence-electron chi connectivity index (χ3n) is 6.39. The van der Waals surface area contributed by atoms with Crippen molar-refractivity contribution in [1.29, 1.82) is 0 Å². The maximum Gasteiger partial charge on any atom is 0.416 e. The molecule has 1 aromatic carbocycles. The quantitative estimate of drug-likeness (QED) is 0.648. The van der Waals surface area contributed by atoms with Crippen LogP contribution in [-0.4, -0.2) is 59.4 Å². The topological polar surface area (TPSA) is 66.9 Å². The number of piperidine rings is 2. The van der Waals surface area contributed by atoms with Crippen molar-refractivity contribution in [1.82, 2.24) is 9.80 Å². The normalized spacial score (nSPS) is 22.5. The second-order valence-electron chi connectivity index (χ2n) is 8.68. The van der Waals surface area contributed by atoms with Crippen LogP contribution < -0.4 is 0 Å². The molecular weight excluding hydrogens is 425 g/mol. The van der Waals surface area contributed by atoms with E-state index in [2.05, 4.69) is 0 Å². The molecule has 2 heterocycles. The highest BCUT2D eigenvalue weighted by Crippen LogP contribution is 2.29. The Bertz CT molecular complexity index is 823. The maximum atomic E-state index is 12.7. The number of hydrogen-bond donors (Lipinski definition) is 0. The number of rotatable bonds is 4. The van der Waals surface area contributed by atoms with Gasteiger partial charge in [0.05, 0.1) is 11.5 Å². The Hall–Kier alpha value is -2.58. The van der Waals surface area contributed by atoms with Crippen molar-refractivity contribution < 1.29 is 32.3 Å². The molecule has 2 aliphatic rings. The van der Waals surface area contributed by atoms with Gasteiger partial charge in [0.1, 0.15) is 0 Å². The van der Waals surface area contributed by atoms with E-state index < -0.39 is 23.6 Å². The van der Waals surface area contributed by atoms with Crippen LogP contribution in [0.1, 0.15) is 61.9 Å². The van der Waals surface area contributed by atoms with Gasteiger partial charge in [-0.15, -0.1) is 0 Å². The zero-order valence-corrected chi connectivity index (χ0v) is 18.4. The predicted octanol–water partition coefficient (Wildman–Crippen LogP) is 3.89. The van der Waals surface area contributed by atoms with Crippen molar-refractivity contribution in [2.75, 3.05) is 19.7 Å². The monoisotopic (exact) mass is 454 g/mol. The summed E-state index contributed by atoms with van der Waals surface area (Å²) in [7, 11) is 0. The molecule has 0 saturated carbocycles. The molecule has 0 aliphatic carbocycles. The van der Waals surface area contributed by atoms with Crippen LogP contribution in [0.3, 0.4) is 0 Å². The standard InChI is InChI=1S/C23H29F3N2O4/c1-15-4-3-5-16(2)28(15)20(29)14-32-22(31)18-10-12-27(13-11-18)21(30)17-6-8-19(9-7-17)23(24,25)26/h6-9,15-16,18H,3-5,10-14H2,1-2H3. The summed E-state index contributed by atoms with van der Waals surface area (Å²) in [4.78, 5) is 40.8. The van der Waals surface area contributed by atoms with Crippen molar-refractivity contribution in [2.45, 2.75) is 64.2 Å². The molecule has 1 aromatic rings. The third kappa shape index (κ3) is 5.61. The number of esters is 1. The number of carbonyl (C=O) groups excluding carboxylic acids is 3. The summed E-state index contributed by atoms with van der Waals surface area (Å²) in [5, 5.41) is 0. The van der Waals surface area contributed by atoms with Crippen molar-refractivity contribution >= 4 is 17.8 Å². The van der Waals surface area contributed by atoms with Gasteiger partial charge in [-0.05, 0) is 70.2 Å². The summed E-state index contributed by atoms with van der Waals surface area (Å²) < 4.78 is 43.3. The smallest absolute Gasteiger partial charge is 0.416 e. The fourth-order valence-corrected chi connectivity index (χ4v) is 4.54. The zero-order chi connectivity index (χ0) is 23.5. The zero-order valence-electron chi connectivity index (χ0n) is 18.4. The van der Waals surface area contributed by atoms with E-state index >= 15 is 0 Å². The summed E-state index contributed by atoms with van der Waals surface area (Å²) >= 11 is 0. The minimum atomic E-state index is -4.45. The molecule has 6 nitrogen and oxygen atoms in total. The molecule has 9 heteroatoms.